The van der Waals surface area contributed by atoms with Gasteiger partial charge in [-0.2, -0.15) is 5.26 Å². The average molecular weight is 496 g/mol. The fourth-order valence-corrected chi connectivity index (χ4v) is 5.36. The molecular formula is C28H26FN7O. The van der Waals surface area contributed by atoms with Crippen LogP contribution >= 0.6 is 0 Å². The lowest BCUT2D eigenvalue weighted by molar-refractivity contribution is -0.135. The highest BCUT2D eigenvalue weighted by Crippen LogP contribution is 2.49. The summed E-state index contributed by atoms with van der Waals surface area (Å²) in [7, 11) is 0. The highest BCUT2D eigenvalue weighted by Gasteiger charge is 2.53. The highest BCUT2D eigenvalue weighted by atomic mass is 19.1. The van der Waals surface area contributed by atoms with Crippen LogP contribution < -0.4 is 4.90 Å². The largest absolute Gasteiger partial charge is 0.347 e. The van der Waals surface area contributed by atoms with E-state index in [1.54, 1.807) is 41.1 Å². The van der Waals surface area contributed by atoms with Gasteiger partial charge in [0.15, 0.2) is 5.65 Å². The number of fused-ring (bicyclic) bond motifs is 1. The molecule has 1 aliphatic heterocycles. The van der Waals surface area contributed by atoms with Crippen LogP contribution in [0.5, 0.6) is 0 Å². The fraction of sp³-hybridized carbons (Fsp3) is 0.321. The molecule has 0 atom stereocenters. The molecule has 0 unspecified atom stereocenters. The normalized spacial score (nSPS) is 16.4. The minimum atomic E-state index is -0.344. The van der Waals surface area contributed by atoms with Gasteiger partial charge in [0.2, 0.25) is 5.91 Å². The van der Waals surface area contributed by atoms with Gasteiger partial charge in [-0.1, -0.05) is 32.0 Å². The molecule has 2 fully saturated rings. The maximum atomic E-state index is 15.1. The second kappa shape index (κ2) is 8.66. The van der Waals surface area contributed by atoms with Crippen molar-refractivity contribution in [2.24, 2.45) is 5.92 Å². The van der Waals surface area contributed by atoms with E-state index in [0.29, 0.717) is 47.8 Å². The maximum absolute atomic E-state index is 15.1. The topological polar surface area (TPSA) is 90.9 Å². The van der Waals surface area contributed by atoms with Gasteiger partial charge >= 0.3 is 0 Å². The van der Waals surface area contributed by atoms with Crippen LogP contribution in [0, 0.1) is 23.1 Å². The Bertz CT molecular complexity index is 1570. The second-order valence-corrected chi connectivity index (χ2v) is 10.1. The van der Waals surface area contributed by atoms with Crippen molar-refractivity contribution >= 4 is 22.8 Å². The zero-order chi connectivity index (χ0) is 25.7. The van der Waals surface area contributed by atoms with Crippen molar-refractivity contribution in [3.05, 3.63) is 66.5 Å². The Morgan fingerprint density at radius 3 is 2.65 bits per heavy atom. The second-order valence-electron chi connectivity index (χ2n) is 10.1. The number of hydrogen-bond donors (Lipinski definition) is 0. The quantitative estimate of drug-likeness (QED) is 0.419. The minimum Gasteiger partial charge on any atom is -0.347 e. The van der Waals surface area contributed by atoms with Crippen molar-refractivity contribution in [2.45, 2.75) is 32.2 Å². The number of carbonyl (C=O) groups excluding carboxylic acids is 1. The summed E-state index contributed by atoms with van der Waals surface area (Å²) in [6, 6.07) is 12.1. The molecule has 4 aromatic rings. The molecule has 1 saturated carbocycles. The highest BCUT2D eigenvalue weighted by molar-refractivity contribution is 6.02. The van der Waals surface area contributed by atoms with Crippen LogP contribution in [0.4, 0.5) is 10.2 Å². The lowest BCUT2D eigenvalue weighted by atomic mass is 10.0. The molecule has 3 aromatic heterocycles. The van der Waals surface area contributed by atoms with Crippen molar-refractivity contribution in [3.63, 3.8) is 0 Å². The van der Waals surface area contributed by atoms with Crippen molar-refractivity contribution in [2.75, 3.05) is 24.5 Å². The van der Waals surface area contributed by atoms with Crippen LogP contribution in [-0.4, -0.2) is 55.5 Å². The van der Waals surface area contributed by atoms with Crippen LogP contribution in [0.15, 0.2) is 55.1 Å². The number of aromatic nitrogens is 4. The Morgan fingerprint density at radius 2 is 1.92 bits per heavy atom. The van der Waals surface area contributed by atoms with Crippen LogP contribution in [0.25, 0.3) is 28.0 Å². The van der Waals surface area contributed by atoms with Crippen LogP contribution in [-0.2, 0) is 4.79 Å². The zero-order valence-corrected chi connectivity index (χ0v) is 20.7. The number of pyridine rings is 1. The summed E-state index contributed by atoms with van der Waals surface area (Å²) in [6.07, 6.45) is 6.84. The minimum absolute atomic E-state index is 0.0496. The van der Waals surface area contributed by atoms with E-state index in [9.17, 15) is 10.1 Å². The molecule has 0 N–H and O–H groups in total. The van der Waals surface area contributed by atoms with Crippen molar-refractivity contribution in [1.82, 2.24) is 24.4 Å². The van der Waals surface area contributed by atoms with E-state index < -0.39 is 0 Å². The summed E-state index contributed by atoms with van der Waals surface area (Å²) in [6.45, 7) is 5.75. The molecule has 6 rings (SSSR count). The molecule has 1 saturated heterocycles. The van der Waals surface area contributed by atoms with Gasteiger partial charge in [-0.05, 0) is 31.0 Å². The van der Waals surface area contributed by atoms with Gasteiger partial charge in [0.25, 0.3) is 0 Å². The number of anilines is 1. The Kier molecular flexibility index (Phi) is 5.41. The first-order valence-corrected chi connectivity index (χ1v) is 12.5. The molecule has 8 nitrogen and oxygen atoms in total. The summed E-state index contributed by atoms with van der Waals surface area (Å²) in [5.74, 6) is 1.02. The van der Waals surface area contributed by atoms with Gasteiger partial charge in [0, 0.05) is 49.1 Å². The van der Waals surface area contributed by atoms with E-state index in [0.717, 1.165) is 24.0 Å². The molecule has 2 aliphatic rings. The standard InChI is InChI=1S/C28H26FN7O/c1-18(2)27(37)34-11-12-36(28(16-34)8-9-28)26-24-21(20-5-3-4-6-22(20)29)15-35(25(24)32-17-33-26)23-13-19(14-30)7-10-31-23/h3-7,10,13,15,17-18H,8-9,11-12,16H2,1-2H3. The number of hydrogen-bond acceptors (Lipinski definition) is 6. The summed E-state index contributed by atoms with van der Waals surface area (Å²) >= 11 is 0. The molecule has 0 bridgehead atoms. The lowest BCUT2D eigenvalue weighted by Gasteiger charge is -2.43. The van der Waals surface area contributed by atoms with Gasteiger partial charge in [0.05, 0.1) is 22.6 Å². The van der Waals surface area contributed by atoms with E-state index in [2.05, 4.69) is 20.9 Å². The summed E-state index contributed by atoms with van der Waals surface area (Å²) in [5, 5.41) is 10.1. The smallest absolute Gasteiger partial charge is 0.225 e. The van der Waals surface area contributed by atoms with Crippen molar-refractivity contribution < 1.29 is 9.18 Å². The summed E-state index contributed by atoms with van der Waals surface area (Å²) < 4.78 is 16.9. The molecule has 1 aliphatic carbocycles. The molecular weight excluding hydrogens is 469 g/mol. The number of piperazine rings is 1. The molecule has 1 spiro atoms. The number of amides is 1. The SMILES string of the molecule is CC(C)C(=O)N1CCN(c2ncnc3c2c(-c2ccccc2F)cn3-c2cc(C#N)ccn2)C2(CC2)C1. The van der Waals surface area contributed by atoms with Gasteiger partial charge in [-0.3, -0.25) is 9.36 Å². The Hall–Kier alpha value is -4.32. The van der Waals surface area contributed by atoms with Crippen LogP contribution in [0.2, 0.25) is 0 Å². The van der Waals surface area contributed by atoms with Crippen LogP contribution in [0.3, 0.4) is 0 Å². The number of nitrogens with zero attached hydrogens (tertiary/aromatic N) is 7. The monoisotopic (exact) mass is 495 g/mol. The summed E-state index contributed by atoms with van der Waals surface area (Å²) in [5.41, 5.74) is 1.97. The lowest BCUT2D eigenvalue weighted by Crippen LogP contribution is -2.57. The van der Waals surface area contributed by atoms with E-state index >= 15 is 4.39 Å². The predicted molar refractivity (Wildman–Crippen MR) is 137 cm³/mol. The van der Waals surface area contributed by atoms with Crippen molar-refractivity contribution in [3.8, 4) is 23.0 Å². The van der Waals surface area contributed by atoms with Crippen LogP contribution in [0.1, 0.15) is 32.3 Å². The molecule has 37 heavy (non-hydrogen) atoms. The van der Waals surface area contributed by atoms with E-state index in [-0.39, 0.29) is 23.2 Å². The number of halogens is 1. The van der Waals surface area contributed by atoms with E-state index in [1.165, 1.54) is 12.4 Å². The van der Waals surface area contributed by atoms with Gasteiger partial charge in [0.1, 0.15) is 23.8 Å². The third kappa shape index (κ3) is 3.80. The molecule has 1 amide bonds. The number of carbonyl (C=O) groups is 1. The summed E-state index contributed by atoms with van der Waals surface area (Å²) in [4.78, 5) is 30.8. The Balaban J connectivity index is 1.54. The van der Waals surface area contributed by atoms with E-state index in [4.69, 9.17) is 4.98 Å². The molecule has 0 radical (unpaired) electrons. The third-order valence-corrected chi connectivity index (χ3v) is 7.39. The zero-order valence-electron chi connectivity index (χ0n) is 20.7. The molecule has 186 valence electrons. The third-order valence-electron chi connectivity index (χ3n) is 7.39. The Morgan fingerprint density at radius 1 is 1.11 bits per heavy atom. The molecule has 4 heterocycles. The van der Waals surface area contributed by atoms with Gasteiger partial charge < -0.3 is 9.80 Å². The number of nitriles is 1. The average Bonchev–Trinajstić information content (AvgIpc) is 3.56. The Labute approximate surface area is 214 Å². The van der Waals surface area contributed by atoms with Gasteiger partial charge in [-0.15, -0.1) is 0 Å². The first-order chi connectivity index (χ1) is 17.9. The van der Waals surface area contributed by atoms with E-state index in [1.807, 2.05) is 24.9 Å². The predicted octanol–water partition coefficient (Wildman–Crippen LogP) is 4.33. The van der Waals surface area contributed by atoms with Crippen molar-refractivity contribution in [1.29, 1.82) is 5.26 Å². The maximum Gasteiger partial charge on any atom is 0.225 e. The number of benzene rings is 1. The molecule has 9 heteroatoms. The number of rotatable bonds is 4. The van der Waals surface area contributed by atoms with Gasteiger partial charge in [-0.25, -0.2) is 19.3 Å². The first kappa shape index (κ1) is 23.1. The molecule has 1 aromatic carbocycles. The fourth-order valence-electron chi connectivity index (χ4n) is 5.36. The first-order valence-electron chi connectivity index (χ1n) is 12.5.